The Morgan fingerprint density at radius 2 is 2.00 bits per heavy atom. The van der Waals surface area contributed by atoms with Crippen LogP contribution in [0.4, 0.5) is 0 Å². The summed E-state index contributed by atoms with van der Waals surface area (Å²) in [5, 5.41) is 0.421. The van der Waals surface area contributed by atoms with Crippen LogP contribution in [0.2, 0.25) is 0 Å². The molecule has 1 fully saturated rings. The lowest BCUT2D eigenvalue weighted by Crippen LogP contribution is -2.25. The molecule has 0 aliphatic heterocycles. The smallest absolute Gasteiger partial charge is 0.0461 e. The van der Waals surface area contributed by atoms with E-state index in [1.54, 1.807) is 0 Å². The fourth-order valence-electron chi connectivity index (χ4n) is 0.419. The Bertz CT molecular complexity index is 47.5. The van der Waals surface area contributed by atoms with E-state index in [1.165, 1.54) is 12.8 Å². The van der Waals surface area contributed by atoms with Gasteiger partial charge in [-0.15, -0.1) is 11.6 Å². The third-order valence-electron chi connectivity index (χ3n) is 1.11. The molecule has 0 radical (unpaired) electrons. The maximum absolute atomic E-state index is 5.65. The van der Waals surface area contributed by atoms with Gasteiger partial charge in [-0.1, -0.05) is 15.9 Å². The highest BCUT2D eigenvalue weighted by Gasteiger charge is 2.25. The molecule has 0 nitrogen and oxygen atoms in total. The Balaban J connectivity index is 2.20. The summed E-state index contributed by atoms with van der Waals surface area (Å²) in [5.41, 5.74) is 0. The predicted molar refractivity (Wildman–Crippen MR) is 31.6 cm³/mol. The van der Waals surface area contributed by atoms with E-state index in [4.69, 9.17) is 11.6 Å². The molecular formula is C4H6BrCl. The normalized spacial score (nSPS) is 45.0. The first kappa shape index (κ1) is 4.92. The summed E-state index contributed by atoms with van der Waals surface area (Å²) in [7, 11) is 0. The van der Waals surface area contributed by atoms with Gasteiger partial charge in [0.1, 0.15) is 0 Å². The van der Waals surface area contributed by atoms with E-state index in [0.29, 0.717) is 10.2 Å². The van der Waals surface area contributed by atoms with Gasteiger partial charge < -0.3 is 0 Å². The topological polar surface area (TPSA) is 0 Å². The summed E-state index contributed by atoms with van der Waals surface area (Å²) >= 11 is 9.05. The molecule has 1 rings (SSSR count). The molecule has 0 bridgehead atoms. The Morgan fingerprint density at radius 3 is 2.00 bits per heavy atom. The quantitative estimate of drug-likeness (QED) is 0.488. The number of alkyl halides is 2. The van der Waals surface area contributed by atoms with Crippen LogP contribution in [0.3, 0.4) is 0 Å². The third kappa shape index (κ3) is 0.710. The highest BCUT2D eigenvalue weighted by molar-refractivity contribution is 9.09. The van der Waals surface area contributed by atoms with E-state index in [-0.39, 0.29) is 0 Å². The minimum absolute atomic E-state index is 0.421. The highest BCUT2D eigenvalue weighted by Crippen LogP contribution is 2.31. The van der Waals surface area contributed by atoms with Gasteiger partial charge in [0.05, 0.1) is 0 Å². The summed E-state index contributed by atoms with van der Waals surface area (Å²) in [5.74, 6) is 0. The van der Waals surface area contributed by atoms with Gasteiger partial charge >= 0.3 is 0 Å². The van der Waals surface area contributed by atoms with Crippen LogP contribution in [0.25, 0.3) is 0 Å². The van der Waals surface area contributed by atoms with Crippen molar-refractivity contribution in [1.82, 2.24) is 0 Å². The fraction of sp³-hybridized carbons (Fsp3) is 1.00. The number of hydrogen-bond donors (Lipinski definition) is 0. The van der Waals surface area contributed by atoms with Crippen molar-refractivity contribution in [1.29, 1.82) is 0 Å². The van der Waals surface area contributed by atoms with E-state index in [0.717, 1.165) is 0 Å². The second-order valence-corrected chi connectivity index (χ2v) is 3.35. The number of rotatable bonds is 0. The molecule has 2 atom stereocenters. The van der Waals surface area contributed by atoms with E-state index in [2.05, 4.69) is 15.9 Å². The van der Waals surface area contributed by atoms with Crippen LogP contribution in [0, 0.1) is 0 Å². The maximum atomic E-state index is 5.65. The monoisotopic (exact) mass is 168 g/mol. The van der Waals surface area contributed by atoms with Crippen LogP contribution in [-0.2, 0) is 0 Å². The molecule has 0 aromatic carbocycles. The zero-order valence-electron chi connectivity index (χ0n) is 3.32. The lowest BCUT2D eigenvalue weighted by atomic mass is 10.00. The van der Waals surface area contributed by atoms with Gasteiger partial charge in [0.15, 0.2) is 0 Å². The Kier molecular flexibility index (Phi) is 1.40. The van der Waals surface area contributed by atoms with Crippen molar-refractivity contribution in [3.05, 3.63) is 0 Å². The molecule has 36 valence electrons. The van der Waals surface area contributed by atoms with Gasteiger partial charge in [0.25, 0.3) is 0 Å². The molecule has 2 heteroatoms. The van der Waals surface area contributed by atoms with Crippen LogP contribution in [0.5, 0.6) is 0 Å². The molecule has 0 saturated heterocycles. The zero-order chi connectivity index (χ0) is 4.57. The number of hydrogen-bond acceptors (Lipinski definition) is 0. The molecule has 0 spiro atoms. The van der Waals surface area contributed by atoms with Crippen molar-refractivity contribution in [3.63, 3.8) is 0 Å². The van der Waals surface area contributed by atoms with Crippen LogP contribution in [0.1, 0.15) is 12.8 Å². The van der Waals surface area contributed by atoms with Crippen LogP contribution in [-0.4, -0.2) is 10.2 Å². The Labute approximate surface area is 51.0 Å². The summed E-state index contributed by atoms with van der Waals surface area (Å²) in [6.45, 7) is 0. The third-order valence-corrected chi connectivity index (χ3v) is 3.03. The molecule has 0 aromatic heterocycles. The first-order chi connectivity index (χ1) is 2.80. The summed E-state index contributed by atoms with van der Waals surface area (Å²) < 4.78 is 0. The first-order valence-electron chi connectivity index (χ1n) is 2.09. The molecule has 0 aromatic rings. The SMILES string of the molecule is ClC1CCC1Br. The van der Waals surface area contributed by atoms with Crippen molar-refractivity contribution in [2.45, 2.75) is 23.0 Å². The van der Waals surface area contributed by atoms with Gasteiger partial charge in [-0.2, -0.15) is 0 Å². The van der Waals surface area contributed by atoms with Gasteiger partial charge in [-0.05, 0) is 12.8 Å². The minimum atomic E-state index is 0.421. The Hall–Kier alpha value is 0.770. The molecule has 2 unspecified atom stereocenters. The highest BCUT2D eigenvalue weighted by atomic mass is 79.9. The van der Waals surface area contributed by atoms with E-state index >= 15 is 0 Å². The lowest BCUT2D eigenvalue weighted by molar-refractivity contribution is 0.540. The van der Waals surface area contributed by atoms with E-state index in [1.807, 2.05) is 0 Å². The largest absolute Gasteiger partial charge is 0.122 e. The first-order valence-corrected chi connectivity index (χ1v) is 3.44. The van der Waals surface area contributed by atoms with E-state index < -0.39 is 0 Å². The lowest BCUT2D eigenvalue weighted by Gasteiger charge is -2.25. The maximum Gasteiger partial charge on any atom is 0.0461 e. The minimum Gasteiger partial charge on any atom is -0.122 e. The van der Waals surface area contributed by atoms with Gasteiger partial charge in [0, 0.05) is 10.2 Å². The van der Waals surface area contributed by atoms with Crippen LogP contribution in [0.15, 0.2) is 0 Å². The van der Waals surface area contributed by atoms with Crippen molar-refractivity contribution < 1.29 is 0 Å². The summed E-state index contributed by atoms with van der Waals surface area (Å²) in [4.78, 5) is 0.610. The van der Waals surface area contributed by atoms with Crippen molar-refractivity contribution in [3.8, 4) is 0 Å². The molecule has 6 heavy (non-hydrogen) atoms. The molecule has 1 saturated carbocycles. The summed E-state index contributed by atoms with van der Waals surface area (Å²) in [6.07, 6.45) is 2.45. The molecular weight excluding hydrogens is 163 g/mol. The molecule has 0 N–H and O–H groups in total. The standard InChI is InChI=1S/C4H6BrCl/c5-3-1-2-4(3)6/h3-4H,1-2H2. The van der Waals surface area contributed by atoms with Crippen LogP contribution >= 0.6 is 27.5 Å². The predicted octanol–water partition coefficient (Wildman–Crippen LogP) is 2.15. The second kappa shape index (κ2) is 1.71. The van der Waals surface area contributed by atoms with Crippen molar-refractivity contribution in [2.24, 2.45) is 0 Å². The van der Waals surface area contributed by atoms with Crippen LogP contribution < -0.4 is 0 Å². The molecule has 0 amide bonds. The van der Waals surface area contributed by atoms with E-state index in [9.17, 15) is 0 Å². The Morgan fingerprint density at radius 1 is 1.50 bits per heavy atom. The zero-order valence-corrected chi connectivity index (χ0v) is 5.67. The summed E-state index contributed by atoms with van der Waals surface area (Å²) in [6, 6.07) is 0. The molecule has 1 aliphatic rings. The average Bonchev–Trinajstić information content (AvgIpc) is 1.61. The average molecular weight is 169 g/mol. The molecule has 0 heterocycles. The van der Waals surface area contributed by atoms with Crippen molar-refractivity contribution in [2.75, 3.05) is 0 Å². The van der Waals surface area contributed by atoms with Gasteiger partial charge in [-0.25, -0.2) is 0 Å². The van der Waals surface area contributed by atoms with Gasteiger partial charge in [-0.3, -0.25) is 0 Å². The number of halogens is 2. The second-order valence-electron chi connectivity index (χ2n) is 1.61. The fourth-order valence-corrected chi connectivity index (χ4v) is 1.20. The molecule has 1 aliphatic carbocycles. The van der Waals surface area contributed by atoms with Gasteiger partial charge in [0.2, 0.25) is 0 Å². The van der Waals surface area contributed by atoms with Crippen molar-refractivity contribution >= 4 is 27.5 Å².